The van der Waals surface area contributed by atoms with Gasteiger partial charge in [0.1, 0.15) is 11.5 Å². The van der Waals surface area contributed by atoms with E-state index in [9.17, 15) is 4.79 Å². The largest absolute Gasteiger partial charge is 0.457 e. The Morgan fingerprint density at radius 1 is 0.553 bits per heavy atom. The van der Waals surface area contributed by atoms with E-state index in [4.69, 9.17) is 20.4 Å². The number of ether oxygens (including phenoxy) is 1. The lowest BCUT2D eigenvalue weighted by atomic mass is 9.99. The summed E-state index contributed by atoms with van der Waals surface area (Å²) in [5.41, 5.74) is 12.5. The van der Waals surface area contributed by atoms with E-state index in [1.165, 1.54) is 0 Å². The summed E-state index contributed by atoms with van der Waals surface area (Å²) in [6.45, 7) is 0. The smallest absolute Gasteiger partial charge is 0.193 e. The molecule has 0 spiro atoms. The van der Waals surface area contributed by atoms with Crippen LogP contribution in [0.25, 0.3) is 33.5 Å². The number of hydrogen-bond acceptors (Lipinski definition) is 5. The highest BCUT2D eigenvalue weighted by atomic mass is 16.5. The van der Waals surface area contributed by atoms with Crippen LogP contribution in [0.1, 0.15) is 15.9 Å². The standard InChI is InChI=1S/C33H23N3O2/c34-26-15-17-27(18-16-26)38-28-19-20-29-30(21-28)36-31(22-7-3-1-4-8-22)32(35-29)23-11-13-25(14-12-23)33(37)24-9-5-2-6-10-24/h1-21H,34H2. The molecule has 2 N–H and O–H groups in total. The summed E-state index contributed by atoms with van der Waals surface area (Å²) in [5.74, 6) is 1.34. The Labute approximate surface area is 220 Å². The van der Waals surface area contributed by atoms with Crippen molar-refractivity contribution in [2.75, 3.05) is 5.73 Å². The van der Waals surface area contributed by atoms with E-state index < -0.39 is 0 Å². The molecule has 6 rings (SSSR count). The first-order valence-electron chi connectivity index (χ1n) is 12.2. The Hall–Kier alpha value is -5.29. The molecule has 0 amide bonds. The maximum atomic E-state index is 12.9. The number of nitrogens with zero attached hydrogens (tertiary/aromatic N) is 2. The summed E-state index contributed by atoms with van der Waals surface area (Å²) in [7, 11) is 0. The van der Waals surface area contributed by atoms with Gasteiger partial charge in [-0.1, -0.05) is 84.9 Å². The maximum absolute atomic E-state index is 12.9. The van der Waals surface area contributed by atoms with Gasteiger partial charge in [-0.05, 0) is 36.4 Å². The van der Waals surface area contributed by atoms with Crippen LogP contribution >= 0.6 is 0 Å². The van der Waals surface area contributed by atoms with E-state index in [-0.39, 0.29) is 5.78 Å². The first-order valence-corrected chi connectivity index (χ1v) is 12.2. The van der Waals surface area contributed by atoms with Crippen molar-refractivity contribution in [3.63, 3.8) is 0 Å². The fraction of sp³-hybridized carbons (Fsp3) is 0. The molecule has 0 aliphatic carbocycles. The summed E-state index contributed by atoms with van der Waals surface area (Å²) < 4.78 is 6.02. The molecule has 5 aromatic carbocycles. The number of nitrogen functional groups attached to an aromatic ring is 1. The van der Waals surface area contributed by atoms with Crippen LogP contribution in [0.15, 0.2) is 127 Å². The van der Waals surface area contributed by atoms with Crippen molar-refractivity contribution in [3.8, 4) is 34.0 Å². The average molecular weight is 494 g/mol. The van der Waals surface area contributed by atoms with E-state index >= 15 is 0 Å². The van der Waals surface area contributed by atoms with Gasteiger partial charge in [-0.3, -0.25) is 4.79 Å². The van der Waals surface area contributed by atoms with Crippen LogP contribution in [0.5, 0.6) is 11.5 Å². The topological polar surface area (TPSA) is 78.1 Å². The number of nitrogens with two attached hydrogens (primary N) is 1. The Kier molecular flexibility index (Phi) is 6.08. The van der Waals surface area contributed by atoms with Crippen molar-refractivity contribution in [3.05, 3.63) is 139 Å². The molecule has 0 atom stereocenters. The monoisotopic (exact) mass is 493 g/mol. The second-order valence-electron chi connectivity index (χ2n) is 8.88. The third kappa shape index (κ3) is 4.73. The lowest BCUT2D eigenvalue weighted by molar-refractivity contribution is 0.103. The Bertz CT molecular complexity index is 1730. The van der Waals surface area contributed by atoms with Crippen molar-refractivity contribution in [1.29, 1.82) is 0 Å². The molecule has 6 aromatic rings. The van der Waals surface area contributed by atoms with Crippen LogP contribution in [-0.2, 0) is 0 Å². The molecule has 0 aliphatic rings. The number of ketones is 1. The number of fused-ring (bicyclic) bond motifs is 1. The van der Waals surface area contributed by atoms with Gasteiger partial charge in [-0.25, -0.2) is 9.97 Å². The number of hydrogen-bond donors (Lipinski definition) is 1. The van der Waals surface area contributed by atoms with Gasteiger partial charge in [0.25, 0.3) is 0 Å². The predicted octanol–water partition coefficient (Wildman–Crippen LogP) is 7.57. The number of anilines is 1. The summed E-state index contributed by atoms with van der Waals surface area (Å²) in [6.07, 6.45) is 0. The van der Waals surface area contributed by atoms with E-state index in [1.54, 1.807) is 12.1 Å². The molecule has 0 saturated heterocycles. The molecule has 182 valence electrons. The first kappa shape index (κ1) is 23.1. The third-order valence-electron chi connectivity index (χ3n) is 6.26. The predicted molar refractivity (Wildman–Crippen MR) is 151 cm³/mol. The highest BCUT2D eigenvalue weighted by Crippen LogP contribution is 2.33. The highest BCUT2D eigenvalue weighted by molar-refractivity contribution is 6.09. The van der Waals surface area contributed by atoms with Gasteiger partial charge in [0.15, 0.2) is 5.78 Å². The molecular formula is C33H23N3O2. The first-order chi connectivity index (χ1) is 18.6. The number of aromatic nitrogens is 2. The van der Waals surface area contributed by atoms with Gasteiger partial charge in [0.2, 0.25) is 0 Å². The maximum Gasteiger partial charge on any atom is 0.193 e. The summed E-state index contributed by atoms with van der Waals surface area (Å²) in [5, 5.41) is 0. The second kappa shape index (κ2) is 9.99. The molecule has 1 heterocycles. The van der Waals surface area contributed by atoms with Crippen LogP contribution in [-0.4, -0.2) is 15.8 Å². The summed E-state index contributed by atoms with van der Waals surface area (Å²) in [4.78, 5) is 22.9. The molecule has 0 fully saturated rings. The number of carbonyl (C=O) groups excluding carboxylic acids is 1. The number of carbonyl (C=O) groups is 1. The second-order valence-corrected chi connectivity index (χ2v) is 8.88. The summed E-state index contributed by atoms with van der Waals surface area (Å²) in [6, 6.07) is 39.7. The molecule has 0 bridgehead atoms. The number of benzene rings is 5. The fourth-order valence-corrected chi connectivity index (χ4v) is 4.30. The van der Waals surface area contributed by atoms with E-state index in [2.05, 4.69) is 0 Å². The van der Waals surface area contributed by atoms with Crippen molar-refractivity contribution in [2.45, 2.75) is 0 Å². The average Bonchev–Trinajstić information content (AvgIpc) is 2.98. The minimum Gasteiger partial charge on any atom is -0.457 e. The molecule has 0 unspecified atom stereocenters. The highest BCUT2D eigenvalue weighted by Gasteiger charge is 2.15. The van der Waals surface area contributed by atoms with E-state index in [0.717, 1.165) is 33.5 Å². The zero-order chi connectivity index (χ0) is 25.9. The van der Waals surface area contributed by atoms with Gasteiger partial charge in [-0.15, -0.1) is 0 Å². The SMILES string of the molecule is Nc1ccc(Oc2ccc3nc(-c4ccc(C(=O)c5ccccc5)cc4)c(-c4ccccc4)nc3c2)cc1. The normalized spacial score (nSPS) is 10.8. The lowest BCUT2D eigenvalue weighted by Crippen LogP contribution is -2.01. The van der Waals surface area contributed by atoms with Crippen molar-refractivity contribution < 1.29 is 9.53 Å². The molecule has 1 aromatic heterocycles. The van der Waals surface area contributed by atoms with Crippen LogP contribution in [0, 0.1) is 0 Å². The molecule has 0 aliphatic heterocycles. The summed E-state index contributed by atoms with van der Waals surface area (Å²) >= 11 is 0. The minimum atomic E-state index is -0.0151. The molecular weight excluding hydrogens is 470 g/mol. The fourth-order valence-electron chi connectivity index (χ4n) is 4.30. The van der Waals surface area contributed by atoms with Crippen LogP contribution in [0.2, 0.25) is 0 Å². The molecule has 5 nitrogen and oxygen atoms in total. The van der Waals surface area contributed by atoms with Crippen molar-refractivity contribution in [2.24, 2.45) is 0 Å². The van der Waals surface area contributed by atoms with E-state index in [1.807, 2.05) is 115 Å². The van der Waals surface area contributed by atoms with Crippen molar-refractivity contribution in [1.82, 2.24) is 9.97 Å². The van der Waals surface area contributed by atoms with E-state index in [0.29, 0.717) is 28.3 Å². The Balaban J connectivity index is 1.40. The van der Waals surface area contributed by atoms with Gasteiger partial charge in [0, 0.05) is 34.0 Å². The Morgan fingerprint density at radius 3 is 1.79 bits per heavy atom. The molecule has 38 heavy (non-hydrogen) atoms. The number of rotatable bonds is 6. The molecule has 0 radical (unpaired) electrons. The Morgan fingerprint density at radius 2 is 1.11 bits per heavy atom. The van der Waals surface area contributed by atoms with Gasteiger partial charge < -0.3 is 10.5 Å². The lowest BCUT2D eigenvalue weighted by Gasteiger charge is -2.12. The van der Waals surface area contributed by atoms with Crippen LogP contribution in [0.3, 0.4) is 0 Å². The van der Waals surface area contributed by atoms with Gasteiger partial charge in [0.05, 0.1) is 22.4 Å². The van der Waals surface area contributed by atoms with Gasteiger partial charge >= 0.3 is 0 Å². The van der Waals surface area contributed by atoms with Crippen LogP contribution < -0.4 is 10.5 Å². The van der Waals surface area contributed by atoms with Crippen LogP contribution in [0.4, 0.5) is 5.69 Å². The zero-order valence-corrected chi connectivity index (χ0v) is 20.4. The van der Waals surface area contributed by atoms with Gasteiger partial charge in [-0.2, -0.15) is 0 Å². The third-order valence-corrected chi connectivity index (χ3v) is 6.26. The molecule has 5 heteroatoms. The zero-order valence-electron chi connectivity index (χ0n) is 20.4. The minimum absolute atomic E-state index is 0.0151. The van der Waals surface area contributed by atoms with Crippen molar-refractivity contribution >= 4 is 22.5 Å². The molecule has 0 saturated carbocycles. The quantitative estimate of drug-likeness (QED) is 0.191.